The molecule has 0 aromatic carbocycles. The van der Waals surface area contributed by atoms with Crippen molar-refractivity contribution >= 4 is 0 Å². The van der Waals surface area contributed by atoms with Gasteiger partial charge in [-0.05, 0) is 37.5 Å². The van der Waals surface area contributed by atoms with E-state index in [4.69, 9.17) is 0 Å². The van der Waals surface area contributed by atoms with Crippen molar-refractivity contribution in [1.29, 1.82) is 0 Å². The lowest BCUT2D eigenvalue weighted by atomic mass is 9.87. The molecule has 0 saturated heterocycles. The summed E-state index contributed by atoms with van der Waals surface area (Å²) in [5, 5.41) is 3.51. The molecule has 1 heteroatoms. The van der Waals surface area contributed by atoms with Gasteiger partial charge in [0.2, 0.25) is 0 Å². The fourth-order valence-corrected chi connectivity index (χ4v) is 2.82. The highest BCUT2D eigenvalue weighted by Gasteiger charge is 2.37. The topological polar surface area (TPSA) is 12.0 Å². The van der Waals surface area contributed by atoms with Gasteiger partial charge in [-0.15, -0.1) is 6.58 Å². The fraction of sp³-hybridized carbons (Fsp3) is 0.667. The van der Waals surface area contributed by atoms with Gasteiger partial charge in [0.25, 0.3) is 0 Å². The van der Waals surface area contributed by atoms with E-state index >= 15 is 0 Å². The van der Waals surface area contributed by atoms with Crippen molar-refractivity contribution in [3.05, 3.63) is 24.8 Å². The first-order chi connectivity index (χ1) is 6.31. The van der Waals surface area contributed by atoms with Crippen molar-refractivity contribution < 1.29 is 0 Å². The van der Waals surface area contributed by atoms with Crippen molar-refractivity contribution in [1.82, 2.24) is 5.32 Å². The van der Waals surface area contributed by atoms with E-state index in [-0.39, 0.29) is 0 Å². The second kappa shape index (κ2) is 3.67. The van der Waals surface area contributed by atoms with E-state index in [1.165, 1.54) is 12.8 Å². The van der Waals surface area contributed by atoms with Crippen molar-refractivity contribution in [3.8, 4) is 0 Å². The van der Waals surface area contributed by atoms with E-state index in [2.05, 4.69) is 31.0 Å². The highest BCUT2D eigenvalue weighted by atomic mass is 14.9. The molecule has 2 aliphatic carbocycles. The van der Waals surface area contributed by atoms with Crippen LogP contribution in [0.4, 0.5) is 0 Å². The summed E-state index contributed by atoms with van der Waals surface area (Å²) in [7, 11) is 0. The summed E-state index contributed by atoms with van der Waals surface area (Å²) in [5.74, 6) is 2.62. The van der Waals surface area contributed by atoms with Crippen molar-refractivity contribution in [2.24, 2.45) is 17.8 Å². The van der Waals surface area contributed by atoms with Crippen LogP contribution in [0.2, 0.25) is 0 Å². The van der Waals surface area contributed by atoms with Crippen molar-refractivity contribution in [2.75, 3.05) is 6.54 Å². The third-order valence-corrected chi connectivity index (χ3v) is 3.56. The normalized spacial score (nSPS) is 38.1. The molecular formula is C12H19N. The molecule has 0 aliphatic heterocycles. The van der Waals surface area contributed by atoms with E-state index < -0.39 is 0 Å². The number of nitrogens with one attached hydrogen (secondary N) is 1. The van der Waals surface area contributed by atoms with Gasteiger partial charge in [-0.3, -0.25) is 0 Å². The maximum atomic E-state index is 3.73. The van der Waals surface area contributed by atoms with Gasteiger partial charge >= 0.3 is 0 Å². The Kier molecular flexibility index (Phi) is 2.54. The number of fused-ring (bicyclic) bond motifs is 2. The predicted octanol–water partition coefficient (Wildman–Crippen LogP) is 2.36. The number of hydrogen-bond acceptors (Lipinski definition) is 1. The van der Waals surface area contributed by atoms with Crippen LogP contribution in [0.25, 0.3) is 0 Å². The van der Waals surface area contributed by atoms with Crippen molar-refractivity contribution in [3.63, 3.8) is 0 Å². The predicted molar refractivity (Wildman–Crippen MR) is 56.5 cm³/mol. The van der Waals surface area contributed by atoms with Crippen LogP contribution in [0, 0.1) is 17.8 Å². The highest BCUT2D eigenvalue weighted by molar-refractivity contribution is 5.11. The maximum absolute atomic E-state index is 3.73. The lowest BCUT2D eigenvalue weighted by Gasteiger charge is -2.25. The lowest BCUT2D eigenvalue weighted by molar-refractivity contribution is 0.336. The van der Waals surface area contributed by atoms with Gasteiger partial charge in [0.1, 0.15) is 0 Å². The largest absolute Gasteiger partial charge is 0.311 e. The molecule has 0 amide bonds. The SMILES string of the molecule is C=CCNC(C)C1CC2C=CC1C2. The molecule has 1 fully saturated rings. The molecule has 0 radical (unpaired) electrons. The van der Waals surface area contributed by atoms with Gasteiger partial charge in [-0.25, -0.2) is 0 Å². The Bertz CT molecular complexity index is 219. The Balaban J connectivity index is 1.87. The number of hydrogen-bond donors (Lipinski definition) is 1. The summed E-state index contributed by atoms with van der Waals surface area (Å²) < 4.78 is 0. The standard InChI is InChI=1S/C12H19N/c1-3-6-13-9(2)12-8-10-4-5-11(12)7-10/h3-5,9-13H,1,6-8H2,2H3. The summed E-state index contributed by atoms with van der Waals surface area (Å²) in [6.07, 6.45) is 9.57. The van der Waals surface area contributed by atoms with Crippen LogP contribution in [-0.2, 0) is 0 Å². The second-order valence-corrected chi connectivity index (χ2v) is 4.43. The molecular weight excluding hydrogens is 158 g/mol. The zero-order valence-corrected chi connectivity index (χ0v) is 8.37. The van der Waals surface area contributed by atoms with E-state index in [1.54, 1.807) is 0 Å². The zero-order valence-electron chi connectivity index (χ0n) is 8.37. The van der Waals surface area contributed by atoms with Gasteiger partial charge in [0, 0.05) is 12.6 Å². The molecule has 1 nitrogen and oxygen atoms in total. The molecule has 4 atom stereocenters. The minimum Gasteiger partial charge on any atom is -0.311 e. The second-order valence-electron chi connectivity index (χ2n) is 4.43. The summed E-state index contributed by atoms with van der Waals surface area (Å²) in [6.45, 7) is 6.98. The minimum absolute atomic E-state index is 0.651. The van der Waals surface area contributed by atoms with Crippen LogP contribution in [-0.4, -0.2) is 12.6 Å². The molecule has 1 N–H and O–H groups in total. The zero-order chi connectivity index (χ0) is 9.26. The van der Waals surface area contributed by atoms with Crippen molar-refractivity contribution in [2.45, 2.75) is 25.8 Å². The average molecular weight is 177 g/mol. The molecule has 0 heterocycles. The first-order valence-corrected chi connectivity index (χ1v) is 5.34. The third kappa shape index (κ3) is 1.71. The first kappa shape index (κ1) is 9.01. The number of allylic oxidation sites excluding steroid dienone is 2. The third-order valence-electron chi connectivity index (χ3n) is 3.56. The Morgan fingerprint density at radius 1 is 1.54 bits per heavy atom. The molecule has 4 unspecified atom stereocenters. The minimum atomic E-state index is 0.651. The monoisotopic (exact) mass is 177 g/mol. The number of rotatable bonds is 4. The van der Waals surface area contributed by atoms with Crippen LogP contribution >= 0.6 is 0 Å². The Morgan fingerprint density at radius 3 is 2.92 bits per heavy atom. The van der Waals surface area contributed by atoms with Gasteiger partial charge < -0.3 is 5.32 Å². The Hall–Kier alpha value is -0.560. The van der Waals surface area contributed by atoms with E-state index in [0.29, 0.717) is 6.04 Å². The highest BCUT2D eigenvalue weighted by Crippen LogP contribution is 2.44. The average Bonchev–Trinajstić information content (AvgIpc) is 2.74. The van der Waals surface area contributed by atoms with E-state index in [1.807, 2.05) is 6.08 Å². The van der Waals surface area contributed by atoms with Crippen LogP contribution in [0.3, 0.4) is 0 Å². The molecule has 2 aliphatic rings. The molecule has 1 saturated carbocycles. The quantitative estimate of drug-likeness (QED) is 0.650. The molecule has 2 bridgehead atoms. The molecule has 13 heavy (non-hydrogen) atoms. The van der Waals surface area contributed by atoms with Gasteiger partial charge in [0.05, 0.1) is 0 Å². The Morgan fingerprint density at radius 2 is 2.38 bits per heavy atom. The van der Waals surface area contributed by atoms with Crippen LogP contribution in [0.5, 0.6) is 0 Å². The van der Waals surface area contributed by atoms with Crippen LogP contribution in [0.15, 0.2) is 24.8 Å². The van der Waals surface area contributed by atoms with Gasteiger partial charge in [0.15, 0.2) is 0 Å². The van der Waals surface area contributed by atoms with Gasteiger partial charge in [-0.1, -0.05) is 18.2 Å². The van der Waals surface area contributed by atoms with Crippen LogP contribution in [0.1, 0.15) is 19.8 Å². The fourth-order valence-electron chi connectivity index (χ4n) is 2.82. The smallest absolute Gasteiger partial charge is 0.0134 e. The molecule has 72 valence electrons. The molecule has 0 aromatic rings. The summed E-state index contributed by atoms with van der Waals surface area (Å²) in [4.78, 5) is 0. The molecule has 2 rings (SSSR count). The van der Waals surface area contributed by atoms with Crippen LogP contribution < -0.4 is 5.32 Å². The first-order valence-electron chi connectivity index (χ1n) is 5.34. The van der Waals surface area contributed by atoms with Gasteiger partial charge in [-0.2, -0.15) is 0 Å². The van der Waals surface area contributed by atoms with E-state index in [9.17, 15) is 0 Å². The summed E-state index contributed by atoms with van der Waals surface area (Å²) in [5.41, 5.74) is 0. The van der Waals surface area contributed by atoms with E-state index in [0.717, 1.165) is 24.3 Å². The lowest BCUT2D eigenvalue weighted by Crippen LogP contribution is -2.35. The molecule has 0 spiro atoms. The maximum Gasteiger partial charge on any atom is 0.0134 e. The summed E-state index contributed by atoms with van der Waals surface area (Å²) in [6, 6.07) is 0.651. The summed E-state index contributed by atoms with van der Waals surface area (Å²) >= 11 is 0. The Labute approximate surface area is 80.9 Å². The molecule has 0 aromatic heterocycles.